The maximum Gasteiger partial charge on any atom is 0.337 e. The molecule has 0 aliphatic rings. The Morgan fingerprint density at radius 3 is 2.79 bits per heavy atom. The van der Waals surface area contributed by atoms with Gasteiger partial charge in [-0.15, -0.1) is 0 Å². The highest BCUT2D eigenvalue weighted by molar-refractivity contribution is 6.03. The van der Waals surface area contributed by atoms with E-state index in [1.54, 1.807) is 6.07 Å². The second-order valence-corrected chi connectivity index (χ2v) is 3.29. The van der Waals surface area contributed by atoms with Crippen molar-refractivity contribution in [2.24, 2.45) is 0 Å². The largest absolute Gasteiger partial charge is 0.478 e. The van der Waals surface area contributed by atoms with Crippen LogP contribution in [0.1, 0.15) is 16.1 Å². The van der Waals surface area contributed by atoms with Gasteiger partial charge in [0.25, 0.3) is 0 Å². The van der Waals surface area contributed by atoms with Gasteiger partial charge in [0.15, 0.2) is 0 Å². The number of aromatic amines is 1. The summed E-state index contributed by atoms with van der Waals surface area (Å²) >= 11 is 0. The first-order valence-electron chi connectivity index (χ1n) is 4.20. The number of aromatic nitrogens is 1. The zero-order valence-corrected chi connectivity index (χ0v) is 7.66. The number of carboxylic acid groups (broad SMARTS) is 1. The smallest absolute Gasteiger partial charge is 0.337 e. The van der Waals surface area contributed by atoms with Gasteiger partial charge in [-0.2, -0.15) is 0 Å². The van der Waals surface area contributed by atoms with Gasteiger partial charge in [0.2, 0.25) is 0 Å². The molecule has 1 heterocycles. The molecule has 0 radical (unpaired) electrons. The summed E-state index contributed by atoms with van der Waals surface area (Å²) in [4.78, 5) is 13.9. The number of benzene rings is 1. The van der Waals surface area contributed by atoms with E-state index in [4.69, 9.17) is 10.8 Å². The Morgan fingerprint density at radius 1 is 1.43 bits per heavy atom. The number of aromatic carboxylic acids is 1. The van der Waals surface area contributed by atoms with Gasteiger partial charge < -0.3 is 15.8 Å². The lowest BCUT2D eigenvalue weighted by Gasteiger charge is -1.99. The Morgan fingerprint density at radius 2 is 2.14 bits per heavy atom. The average molecular weight is 190 g/mol. The fourth-order valence-electron chi connectivity index (χ4n) is 1.58. The molecule has 4 nitrogen and oxygen atoms in total. The standard InChI is InChI=1S/C10H10N2O2/c1-5-2-6-3-7(11)4-8(10(13)14)9(6)12-5/h2-4,12H,11H2,1H3,(H,13,14). The van der Waals surface area contributed by atoms with Crippen LogP contribution >= 0.6 is 0 Å². The number of aryl methyl sites for hydroxylation is 1. The van der Waals surface area contributed by atoms with E-state index in [2.05, 4.69) is 4.98 Å². The van der Waals surface area contributed by atoms with Crippen molar-refractivity contribution in [2.45, 2.75) is 6.92 Å². The van der Waals surface area contributed by atoms with Crippen molar-refractivity contribution in [3.8, 4) is 0 Å². The van der Waals surface area contributed by atoms with Crippen molar-refractivity contribution < 1.29 is 9.90 Å². The van der Waals surface area contributed by atoms with Crippen LogP contribution in [0.25, 0.3) is 10.9 Å². The number of nitrogens with two attached hydrogens (primary N) is 1. The zero-order chi connectivity index (χ0) is 10.3. The summed E-state index contributed by atoms with van der Waals surface area (Å²) in [7, 11) is 0. The number of carboxylic acids is 1. The lowest BCUT2D eigenvalue weighted by Crippen LogP contribution is -1.99. The van der Waals surface area contributed by atoms with Gasteiger partial charge >= 0.3 is 5.97 Å². The normalized spacial score (nSPS) is 10.6. The van der Waals surface area contributed by atoms with Crippen molar-refractivity contribution in [1.82, 2.24) is 4.98 Å². The molecule has 0 unspecified atom stereocenters. The highest BCUT2D eigenvalue weighted by atomic mass is 16.4. The molecule has 14 heavy (non-hydrogen) atoms. The third-order valence-corrected chi connectivity index (χ3v) is 2.12. The minimum Gasteiger partial charge on any atom is -0.478 e. The van der Waals surface area contributed by atoms with Crippen LogP contribution in [0.3, 0.4) is 0 Å². The molecular weight excluding hydrogens is 180 g/mol. The molecule has 1 aromatic carbocycles. The molecule has 0 amide bonds. The van der Waals surface area contributed by atoms with Crippen LogP contribution in [0.2, 0.25) is 0 Å². The summed E-state index contributed by atoms with van der Waals surface area (Å²) < 4.78 is 0. The lowest BCUT2D eigenvalue weighted by atomic mass is 10.1. The molecule has 4 N–H and O–H groups in total. The molecule has 4 heteroatoms. The first-order valence-corrected chi connectivity index (χ1v) is 4.20. The average Bonchev–Trinajstić information content (AvgIpc) is 2.42. The third kappa shape index (κ3) is 1.21. The molecule has 0 fully saturated rings. The molecule has 0 spiro atoms. The summed E-state index contributed by atoms with van der Waals surface area (Å²) in [6.45, 7) is 1.88. The zero-order valence-electron chi connectivity index (χ0n) is 7.66. The topological polar surface area (TPSA) is 79.1 Å². The minimum absolute atomic E-state index is 0.216. The van der Waals surface area contributed by atoms with Gasteiger partial charge in [-0.05, 0) is 25.1 Å². The molecular formula is C10H10N2O2. The van der Waals surface area contributed by atoms with Crippen LogP contribution in [-0.4, -0.2) is 16.1 Å². The Balaban J connectivity index is 2.85. The third-order valence-electron chi connectivity index (χ3n) is 2.12. The summed E-state index contributed by atoms with van der Waals surface area (Å²) in [6.07, 6.45) is 0. The van der Waals surface area contributed by atoms with E-state index in [1.165, 1.54) is 6.07 Å². The van der Waals surface area contributed by atoms with E-state index in [0.717, 1.165) is 11.1 Å². The van der Waals surface area contributed by atoms with Gasteiger partial charge in [-0.1, -0.05) is 0 Å². The number of anilines is 1. The number of fused-ring (bicyclic) bond motifs is 1. The predicted octanol–water partition coefficient (Wildman–Crippen LogP) is 1.76. The second-order valence-electron chi connectivity index (χ2n) is 3.29. The van der Waals surface area contributed by atoms with Gasteiger partial charge in [-0.3, -0.25) is 0 Å². The van der Waals surface area contributed by atoms with Crippen LogP contribution in [0.5, 0.6) is 0 Å². The summed E-state index contributed by atoms with van der Waals surface area (Å²) in [6, 6.07) is 5.09. The summed E-state index contributed by atoms with van der Waals surface area (Å²) in [5.41, 5.74) is 7.83. The number of H-pyrrole nitrogens is 1. The number of rotatable bonds is 1. The van der Waals surface area contributed by atoms with Crippen LogP contribution in [-0.2, 0) is 0 Å². The number of hydrogen-bond donors (Lipinski definition) is 3. The van der Waals surface area contributed by atoms with E-state index in [9.17, 15) is 4.79 Å². The number of nitrogens with one attached hydrogen (secondary N) is 1. The Kier molecular flexibility index (Phi) is 1.70. The SMILES string of the molecule is Cc1cc2cc(N)cc(C(=O)O)c2[nH]1. The molecule has 2 rings (SSSR count). The van der Waals surface area contributed by atoms with Crippen LogP contribution in [0.15, 0.2) is 18.2 Å². The Labute approximate surface area is 80.3 Å². The fourth-order valence-corrected chi connectivity index (χ4v) is 1.58. The number of carbonyl (C=O) groups is 1. The highest BCUT2D eigenvalue weighted by Gasteiger charge is 2.11. The van der Waals surface area contributed by atoms with E-state index in [1.807, 2.05) is 13.0 Å². The maximum atomic E-state index is 10.9. The van der Waals surface area contributed by atoms with Crippen molar-refractivity contribution in [1.29, 1.82) is 0 Å². The van der Waals surface area contributed by atoms with E-state index in [0.29, 0.717) is 11.2 Å². The van der Waals surface area contributed by atoms with Crippen LogP contribution in [0.4, 0.5) is 5.69 Å². The number of nitrogen functional groups attached to an aromatic ring is 1. The first kappa shape index (κ1) is 8.62. The summed E-state index contributed by atoms with van der Waals surface area (Å²) in [5.74, 6) is -0.968. The van der Waals surface area contributed by atoms with Crippen molar-refractivity contribution in [2.75, 3.05) is 5.73 Å². The summed E-state index contributed by atoms with van der Waals surface area (Å²) in [5, 5.41) is 9.77. The van der Waals surface area contributed by atoms with E-state index < -0.39 is 5.97 Å². The first-order chi connectivity index (χ1) is 6.58. The second kappa shape index (κ2) is 2.77. The molecule has 72 valence electrons. The number of hydrogen-bond acceptors (Lipinski definition) is 2. The molecule has 0 atom stereocenters. The predicted molar refractivity (Wildman–Crippen MR) is 54.4 cm³/mol. The molecule has 0 saturated heterocycles. The van der Waals surface area contributed by atoms with Gasteiger partial charge in [0, 0.05) is 16.8 Å². The monoisotopic (exact) mass is 190 g/mol. The van der Waals surface area contributed by atoms with Crippen molar-refractivity contribution in [3.05, 3.63) is 29.5 Å². The van der Waals surface area contributed by atoms with Gasteiger partial charge in [0.1, 0.15) is 0 Å². The fraction of sp³-hybridized carbons (Fsp3) is 0.100. The van der Waals surface area contributed by atoms with E-state index >= 15 is 0 Å². The van der Waals surface area contributed by atoms with Gasteiger partial charge in [0.05, 0.1) is 11.1 Å². The highest BCUT2D eigenvalue weighted by Crippen LogP contribution is 2.22. The van der Waals surface area contributed by atoms with Crippen LogP contribution < -0.4 is 5.73 Å². The van der Waals surface area contributed by atoms with Crippen LogP contribution in [0, 0.1) is 6.92 Å². The Hall–Kier alpha value is -1.97. The maximum absolute atomic E-state index is 10.9. The van der Waals surface area contributed by atoms with Gasteiger partial charge in [-0.25, -0.2) is 4.79 Å². The molecule has 0 bridgehead atoms. The lowest BCUT2D eigenvalue weighted by molar-refractivity contribution is 0.0699. The minimum atomic E-state index is -0.968. The molecule has 1 aromatic heterocycles. The molecule has 0 aliphatic heterocycles. The van der Waals surface area contributed by atoms with Crippen molar-refractivity contribution in [3.63, 3.8) is 0 Å². The molecule has 2 aromatic rings. The quantitative estimate of drug-likeness (QED) is 0.599. The Bertz CT molecular complexity index is 514. The molecule has 0 aliphatic carbocycles. The van der Waals surface area contributed by atoms with Crippen molar-refractivity contribution >= 4 is 22.6 Å². The molecule has 0 saturated carbocycles. The van der Waals surface area contributed by atoms with E-state index in [-0.39, 0.29) is 5.56 Å².